The molecule has 1 amide bonds. The van der Waals surface area contributed by atoms with E-state index in [-0.39, 0.29) is 11.6 Å². The Balaban J connectivity index is 2.02. The number of carbonyl (C=O) groups excluding carboxylic acids is 1. The number of alkyl halides is 3. The van der Waals surface area contributed by atoms with Crippen LogP contribution in [0.1, 0.15) is 33.4 Å². The number of nitrogens with two attached hydrogens (primary N) is 1. The first kappa shape index (κ1) is 20.5. The number of primary amides is 1. The van der Waals surface area contributed by atoms with Crippen LogP contribution in [-0.4, -0.2) is 29.5 Å². The summed E-state index contributed by atoms with van der Waals surface area (Å²) in [7, 11) is 1.74. The van der Waals surface area contributed by atoms with Crippen molar-refractivity contribution in [3.8, 4) is 0 Å². The number of hydrogen-bond acceptors (Lipinski definition) is 5. The van der Waals surface area contributed by atoms with Gasteiger partial charge in [-0.3, -0.25) is 4.79 Å². The van der Waals surface area contributed by atoms with Crippen LogP contribution in [0.2, 0.25) is 0 Å². The first-order chi connectivity index (χ1) is 13.7. The summed E-state index contributed by atoms with van der Waals surface area (Å²) in [6.45, 7) is 2.12. The van der Waals surface area contributed by atoms with Crippen molar-refractivity contribution in [2.24, 2.45) is 5.73 Å². The van der Waals surface area contributed by atoms with Gasteiger partial charge in [-0.15, -0.1) is 0 Å². The van der Waals surface area contributed by atoms with E-state index in [9.17, 15) is 18.0 Å². The van der Waals surface area contributed by atoms with Crippen LogP contribution in [0.5, 0.6) is 0 Å². The number of nitrogens with one attached hydrogen (secondary N) is 2. The summed E-state index contributed by atoms with van der Waals surface area (Å²) in [4.78, 5) is 20.5. The largest absolute Gasteiger partial charge is 0.416 e. The molecule has 3 rings (SSSR count). The minimum Gasteiger partial charge on any atom is -0.366 e. The Morgan fingerprint density at radius 2 is 1.83 bits per heavy atom. The number of aromatic nitrogens is 2. The maximum Gasteiger partial charge on any atom is 0.416 e. The van der Waals surface area contributed by atoms with Crippen molar-refractivity contribution < 1.29 is 18.0 Å². The van der Waals surface area contributed by atoms with Gasteiger partial charge in [0, 0.05) is 11.9 Å². The van der Waals surface area contributed by atoms with Crippen molar-refractivity contribution in [2.45, 2.75) is 19.1 Å². The molecule has 29 heavy (non-hydrogen) atoms. The molecule has 6 nitrogen and oxygen atoms in total. The molecular formula is C20H20F3N5O. The molecule has 1 aromatic heterocycles. The number of amides is 1. The SMILES string of the molecule is CNCC(Nc1nc(C)nc2c(C(N)=O)cccc12)c1ccc(C(F)(F)F)cc1. The third kappa shape index (κ3) is 4.45. The zero-order chi connectivity index (χ0) is 21.2. The molecular weight excluding hydrogens is 383 g/mol. The van der Waals surface area contributed by atoms with Crippen LogP contribution in [-0.2, 0) is 6.18 Å². The number of carbonyl (C=O) groups is 1. The van der Waals surface area contributed by atoms with E-state index in [0.29, 0.717) is 34.7 Å². The van der Waals surface area contributed by atoms with Gasteiger partial charge in [-0.1, -0.05) is 18.2 Å². The lowest BCUT2D eigenvalue weighted by Gasteiger charge is -2.21. The molecule has 0 bridgehead atoms. The summed E-state index contributed by atoms with van der Waals surface area (Å²) in [5.41, 5.74) is 6.09. The van der Waals surface area contributed by atoms with E-state index in [1.165, 1.54) is 12.1 Å². The number of aryl methyl sites for hydroxylation is 1. The van der Waals surface area contributed by atoms with Crippen molar-refractivity contribution in [3.63, 3.8) is 0 Å². The number of para-hydroxylation sites is 1. The van der Waals surface area contributed by atoms with Gasteiger partial charge in [-0.25, -0.2) is 9.97 Å². The minimum atomic E-state index is -4.39. The predicted octanol–water partition coefficient (Wildman–Crippen LogP) is 3.43. The fourth-order valence-electron chi connectivity index (χ4n) is 3.10. The normalized spacial score (nSPS) is 12.7. The molecule has 0 aliphatic heterocycles. The summed E-state index contributed by atoms with van der Waals surface area (Å²) in [6, 6.07) is 9.62. The fraction of sp³-hybridized carbons (Fsp3) is 0.250. The Bertz CT molecular complexity index is 1030. The van der Waals surface area contributed by atoms with E-state index in [4.69, 9.17) is 5.73 Å². The zero-order valence-corrected chi connectivity index (χ0v) is 15.8. The maximum atomic E-state index is 12.9. The number of likely N-dealkylation sites (N-methyl/N-ethyl adjacent to an activating group) is 1. The van der Waals surface area contributed by atoms with E-state index >= 15 is 0 Å². The van der Waals surface area contributed by atoms with E-state index < -0.39 is 17.6 Å². The number of nitrogens with zero attached hydrogens (tertiary/aromatic N) is 2. The lowest BCUT2D eigenvalue weighted by molar-refractivity contribution is -0.137. The average molecular weight is 403 g/mol. The smallest absolute Gasteiger partial charge is 0.366 e. The maximum absolute atomic E-state index is 12.9. The predicted molar refractivity (Wildman–Crippen MR) is 105 cm³/mol. The van der Waals surface area contributed by atoms with E-state index in [0.717, 1.165) is 12.1 Å². The lowest BCUT2D eigenvalue weighted by atomic mass is 10.0. The highest BCUT2D eigenvalue weighted by atomic mass is 19.4. The Hall–Kier alpha value is -3.20. The second-order valence-electron chi connectivity index (χ2n) is 6.56. The summed E-state index contributed by atoms with van der Waals surface area (Å²) >= 11 is 0. The van der Waals surface area contributed by atoms with Crippen LogP contribution in [0, 0.1) is 6.92 Å². The first-order valence-corrected chi connectivity index (χ1v) is 8.86. The van der Waals surface area contributed by atoms with Gasteiger partial charge in [0.25, 0.3) is 5.91 Å². The minimum absolute atomic E-state index is 0.274. The fourth-order valence-corrected chi connectivity index (χ4v) is 3.10. The number of fused-ring (bicyclic) bond motifs is 1. The van der Waals surface area contributed by atoms with Crippen LogP contribution in [0.4, 0.5) is 19.0 Å². The molecule has 4 N–H and O–H groups in total. The molecule has 1 heterocycles. The number of benzene rings is 2. The molecule has 0 saturated carbocycles. The van der Waals surface area contributed by atoms with E-state index in [1.54, 1.807) is 32.2 Å². The second kappa shape index (κ2) is 8.04. The van der Waals surface area contributed by atoms with E-state index in [2.05, 4.69) is 20.6 Å². The van der Waals surface area contributed by atoms with Crippen LogP contribution in [0.25, 0.3) is 10.9 Å². The van der Waals surface area contributed by atoms with Gasteiger partial charge in [0.2, 0.25) is 0 Å². The molecule has 0 radical (unpaired) electrons. The molecule has 152 valence electrons. The highest BCUT2D eigenvalue weighted by Gasteiger charge is 2.30. The van der Waals surface area contributed by atoms with Crippen molar-refractivity contribution in [1.29, 1.82) is 0 Å². The standard InChI is InChI=1S/C20H20F3N5O/c1-11-26-17-14(18(24)29)4-3-5-15(17)19(27-11)28-16(10-25-2)12-6-8-13(9-7-12)20(21,22)23/h3-9,16,25H,10H2,1-2H3,(H2,24,29)(H,26,27,28). The molecule has 1 atom stereocenters. The van der Waals surface area contributed by atoms with Crippen LogP contribution in [0.15, 0.2) is 42.5 Å². The molecule has 1 unspecified atom stereocenters. The van der Waals surface area contributed by atoms with Crippen molar-refractivity contribution >= 4 is 22.6 Å². The van der Waals surface area contributed by atoms with Crippen LogP contribution >= 0.6 is 0 Å². The van der Waals surface area contributed by atoms with Gasteiger partial charge in [0.15, 0.2) is 0 Å². The van der Waals surface area contributed by atoms with Crippen molar-refractivity contribution in [1.82, 2.24) is 15.3 Å². The number of anilines is 1. The third-order valence-corrected chi connectivity index (χ3v) is 4.46. The molecule has 2 aromatic carbocycles. The van der Waals surface area contributed by atoms with Gasteiger partial charge in [-0.2, -0.15) is 13.2 Å². The Morgan fingerprint density at radius 1 is 1.14 bits per heavy atom. The Kier molecular flexibility index (Phi) is 5.69. The van der Waals surface area contributed by atoms with Gasteiger partial charge in [-0.05, 0) is 43.8 Å². The highest BCUT2D eigenvalue weighted by Crippen LogP contribution is 2.31. The number of rotatable bonds is 6. The van der Waals surface area contributed by atoms with Crippen molar-refractivity contribution in [2.75, 3.05) is 18.9 Å². The summed E-state index contributed by atoms with van der Waals surface area (Å²) < 4.78 is 38.6. The first-order valence-electron chi connectivity index (χ1n) is 8.86. The van der Waals surface area contributed by atoms with Gasteiger partial charge >= 0.3 is 6.18 Å². The molecule has 0 saturated heterocycles. The van der Waals surface area contributed by atoms with E-state index in [1.807, 2.05) is 0 Å². The monoisotopic (exact) mass is 403 g/mol. The number of hydrogen-bond donors (Lipinski definition) is 3. The average Bonchev–Trinajstić information content (AvgIpc) is 2.66. The molecule has 9 heteroatoms. The topological polar surface area (TPSA) is 92.9 Å². The lowest BCUT2D eigenvalue weighted by Crippen LogP contribution is -2.24. The number of halogens is 3. The van der Waals surface area contributed by atoms with Crippen LogP contribution in [0.3, 0.4) is 0 Å². The molecule has 3 aromatic rings. The summed E-state index contributed by atoms with van der Waals surface area (Å²) in [5.74, 6) is 0.300. The second-order valence-corrected chi connectivity index (χ2v) is 6.56. The van der Waals surface area contributed by atoms with Gasteiger partial charge < -0.3 is 16.4 Å². The van der Waals surface area contributed by atoms with Crippen molar-refractivity contribution in [3.05, 3.63) is 65.0 Å². The molecule has 0 aliphatic carbocycles. The summed E-state index contributed by atoms with van der Waals surface area (Å²) in [6.07, 6.45) is -4.39. The molecule has 0 aliphatic rings. The molecule has 0 fully saturated rings. The Morgan fingerprint density at radius 3 is 2.41 bits per heavy atom. The van der Waals surface area contributed by atoms with Crippen LogP contribution < -0.4 is 16.4 Å². The highest BCUT2D eigenvalue weighted by molar-refractivity contribution is 6.07. The third-order valence-electron chi connectivity index (χ3n) is 4.46. The van der Waals surface area contributed by atoms with Gasteiger partial charge in [0.1, 0.15) is 11.6 Å². The molecule has 0 spiro atoms. The quantitative estimate of drug-likeness (QED) is 0.586. The Labute approximate surface area is 165 Å². The van der Waals surface area contributed by atoms with Gasteiger partial charge in [0.05, 0.1) is 22.7 Å². The summed E-state index contributed by atoms with van der Waals surface area (Å²) in [5, 5.41) is 6.88. The zero-order valence-electron chi connectivity index (χ0n) is 15.8.